The number of ether oxygens (including phenoxy) is 1. The lowest BCUT2D eigenvalue weighted by Gasteiger charge is -2.02. The molecule has 0 aliphatic heterocycles. The van der Waals surface area contributed by atoms with Crippen molar-refractivity contribution in [2.45, 2.75) is 19.8 Å². The van der Waals surface area contributed by atoms with Gasteiger partial charge in [0.05, 0.1) is 12.7 Å². The van der Waals surface area contributed by atoms with Gasteiger partial charge in [-0.2, -0.15) is 5.10 Å². The molecular formula is C14H16N4O3. The van der Waals surface area contributed by atoms with Crippen LogP contribution in [-0.2, 0) is 11.2 Å². The maximum atomic E-state index is 12.0. The molecule has 0 radical (unpaired) electrons. The number of esters is 1. The van der Waals surface area contributed by atoms with E-state index >= 15 is 0 Å². The highest BCUT2D eigenvalue weighted by Crippen LogP contribution is 2.09. The van der Waals surface area contributed by atoms with Crippen LogP contribution in [0, 0.1) is 0 Å². The van der Waals surface area contributed by atoms with Crippen LogP contribution in [0.2, 0.25) is 0 Å². The molecule has 2 aromatic rings. The maximum Gasteiger partial charge on any atom is 0.339 e. The number of aromatic amines is 1. The molecule has 1 amide bonds. The van der Waals surface area contributed by atoms with Gasteiger partial charge < -0.3 is 10.1 Å². The molecule has 7 heteroatoms. The summed E-state index contributed by atoms with van der Waals surface area (Å²) in [7, 11) is 1.29. The smallest absolute Gasteiger partial charge is 0.339 e. The third kappa shape index (κ3) is 3.65. The van der Waals surface area contributed by atoms with Gasteiger partial charge in [-0.1, -0.05) is 13.3 Å². The Kier molecular flexibility index (Phi) is 4.65. The third-order valence-electron chi connectivity index (χ3n) is 2.81. The fourth-order valence-corrected chi connectivity index (χ4v) is 1.77. The van der Waals surface area contributed by atoms with Gasteiger partial charge in [0.1, 0.15) is 5.69 Å². The van der Waals surface area contributed by atoms with Crippen molar-refractivity contribution in [1.82, 2.24) is 15.2 Å². The minimum absolute atomic E-state index is 0.197. The molecule has 2 N–H and O–H groups in total. The number of H-pyrrole nitrogens is 1. The minimum Gasteiger partial charge on any atom is -0.465 e. The Hall–Kier alpha value is -2.70. The van der Waals surface area contributed by atoms with Gasteiger partial charge in [-0.25, -0.2) is 4.79 Å². The van der Waals surface area contributed by atoms with Crippen molar-refractivity contribution in [1.29, 1.82) is 0 Å². The number of nitrogens with zero attached hydrogens (tertiary/aromatic N) is 2. The van der Waals surface area contributed by atoms with Crippen LogP contribution in [0.5, 0.6) is 0 Å². The topological polar surface area (TPSA) is 97.0 Å². The van der Waals surface area contributed by atoms with Crippen LogP contribution in [-0.4, -0.2) is 34.2 Å². The van der Waals surface area contributed by atoms with Crippen LogP contribution in [0.3, 0.4) is 0 Å². The highest BCUT2D eigenvalue weighted by atomic mass is 16.5. The van der Waals surface area contributed by atoms with E-state index in [0.717, 1.165) is 18.5 Å². The summed E-state index contributed by atoms with van der Waals surface area (Å²) in [6.07, 6.45) is 3.16. The summed E-state index contributed by atoms with van der Waals surface area (Å²) in [4.78, 5) is 27.2. The molecule has 0 saturated heterocycles. The van der Waals surface area contributed by atoms with Crippen LogP contribution in [0.4, 0.5) is 5.82 Å². The Labute approximate surface area is 121 Å². The molecule has 2 aromatic heterocycles. The van der Waals surface area contributed by atoms with Crippen molar-refractivity contribution >= 4 is 17.7 Å². The van der Waals surface area contributed by atoms with Gasteiger partial charge in [0.15, 0.2) is 5.82 Å². The summed E-state index contributed by atoms with van der Waals surface area (Å²) < 4.78 is 4.56. The number of hydrogen-bond donors (Lipinski definition) is 2. The van der Waals surface area contributed by atoms with Crippen molar-refractivity contribution < 1.29 is 14.3 Å². The normalized spacial score (nSPS) is 10.2. The monoisotopic (exact) mass is 288 g/mol. The number of hydrogen-bond acceptors (Lipinski definition) is 5. The van der Waals surface area contributed by atoms with E-state index in [4.69, 9.17) is 0 Å². The molecule has 0 aromatic carbocycles. The maximum absolute atomic E-state index is 12.0. The van der Waals surface area contributed by atoms with Crippen LogP contribution < -0.4 is 5.32 Å². The second-order valence-corrected chi connectivity index (χ2v) is 4.41. The number of amides is 1. The van der Waals surface area contributed by atoms with Crippen LogP contribution in [0.1, 0.15) is 39.9 Å². The van der Waals surface area contributed by atoms with E-state index in [1.807, 2.05) is 0 Å². The Bertz CT molecular complexity index is 634. The highest BCUT2D eigenvalue weighted by Gasteiger charge is 2.12. The van der Waals surface area contributed by atoms with E-state index in [-0.39, 0.29) is 11.6 Å². The summed E-state index contributed by atoms with van der Waals surface area (Å²) in [5.74, 6) is -0.436. The molecule has 0 atom stereocenters. The molecule has 0 bridgehead atoms. The zero-order chi connectivity index (χ0) is 15.2. The lowest BCUT2D eigenvalue weighted by atomic mass is 10.2. The molecule has 0 spiro atoms. The van der Waals surface area contributed by atoms with E-state index in [0.29, 0.717) is 11.4 Å². The van der Waals surface area contributed by atoms with Crippen LogP contribution in [0.15, 0.2) is 24.4 Å². The minimum atomic E-state index is -0.494. The number of nitrogens with one attached hydrogen (secondary N) is 2. The number of methoxy groups -OCH3 is 1. The number of carbonyl (C=O) groups is 2. The highest BCUT2D eigenvalue weighted by molar-refractivity contribution is 6.02. The average Bonchev–Trinajstić information content (AvgIpc) is 2.94. The van der Waals surface area contributed by atoms with Crippen LogP contribution in [0.25, 0.3) is 0 Å². The van der Waals surface area contributed by atoms with Gasteiger partial charge in [0.2, 0.25) is 0 Å². The van der Waals surface area contributed by atoms with Crippen molar-refractivity contribution in [3.63, 3.8) is 0 Å². The molecule has 7 nitrogen and oxygen atoms in total. The summed E-state index contributed by atoms with van der Waals surface area (Å²) in [5.41, 5.74) is 1.45. The Morgan fingerprint density at radius 2 is 2.19 bits per heavy atom. The van der Waals surface area contributed by atoms with Crippen LogP contribution >= 0.6 is 0 Å². The van der Waals surface area contributed by atoms with Crippen molar-refractivity contribution in [2.75, 3.05) is 12.4 Å². The predicted molar refractivity (Wildman–Crippen MR) is 76.1 cm³/mol. The first-order chi connectivity index (χ1) is 10.1. The first kappa shape index (κ1) is 14.7. The molecule has 2 rings (SSSR count). The van der Waals surface area contributed by atoms with E-state index in [1.54, 1.807) is 6.07 Å². The number of aromatic nitrogens is 3. The van der Waals surface area contributed by atoms with Gasteiger partial charge in [-0.3, -0.25) is 14.9 Å². The molecule has 0 saturated carbocycles. The first-order valence-electron chi connectivity index (χ1n) is 6.54. The molecule has 0 aliphatic carbocycles. The van der Waals surface area contributed by atoms with Crippen molar-refractivity contribution in [3.05, 3.63) is 41.3 Å². The van der Waals surface area contributed by atoms with Gasteiger partial charge in [0.25, 0.3) is 5.91 Å². The summed E-state index contributed by atoms with van der Waals surface area (Å²) in [6.45, 7) is 2.06. The number of aryl methyl sites for hydroxylation is 1. The van der Waals surface area contributed by atoms with Crippen molar-refractivity contribution in [3.8, 4) is 0 Å². The fraction of sp³-hybridized carbons (Fsp3) is 0.286. The predicted octanol–water partition coefficient (Wildman–Crippen LogP) is 1.80. The Morgan fingerprint density at radius 3 is 2.81 bits per heavy atom. The largest absolute Gasteiger partial charge is 0.465 e. The van der Waals surface area contributed by atoms with E-state index in [2.05, 4.69) is 32.2 Å². The van der Waals surface area contributed by atoms with Gasteiger partial charge in [0, 0.05) is 18.0 Å². The second kappa shape index (κ2) is 6.65. The zero-order valence-corrected chi connectivity index (χ0v) is 11.8. The average molecular weight is 288 g/mol. The SMILES string of the molecule is CCCc1cc(NC(=O)c2ccc(C(=O)OC)cn2)n[nH]1. The summed E-state index contributed by atoms with van der Waals surface area (Å²) in [6, 6.07) is 4.73. The fourth-order valence-electron chi connectivity index (χ4n) is 1.77. The van der Waals surface area contributed by atoms with E-state index < -0.39 is 5.97 Å². The molecule has 110 valence electrons. The molecule has 21 heavy (non-hydrogen) atoms. The zero-order valence-electron chi connectivity index (χ0n) is 11.8. The number of pyridine rings is 1. The molecular weight excluding hydrogens is 272 g/mol. The Morgan fingerprint density at radius 1 is 1.38 bits per heavy atom. The van der Waals surface area contributed by atoms with Crippen molar-refractivity contribution in [2.24, 2.45) is 0 Å². The molecule has 2 heterocycles. The molecule has 0 aliphatic rings. The van der Waals surface area contributed by atoms with Gasteiger partial charge >= 0.3 is 5.97 Å². The number of rotatable bonds is 5. The lowest BCUT2D eigenvalue weighted by Crippen LogP contribution is -2.14. The van der Waals surface area contributed by atoms with Gasteiger partial charge in [-0.05, 0) is 18.6 Å². The standard InChI is InChI=1S/C14H16N4O3/c1-3-4-10-7-12(18-17-10)16-13(19)11-6-5-9(8-15-11)14(20)21-2/h5-8H,3-4H2,1-2H3,(H2,16,17,18,19). The number of carbonyl (C=O) groups excluding carboxylic acids is 2. The summed E-state index contributed by atoms with van der Waals surface area (Å²) in [5, 5.41) is 9.49. The number of anilines is 1. The lowest BCUT2D eigenvalue weighted by molar-refractivity contribution is 0.0600. The quantitative estimate of drug-likeness (QED) is 0.818. The second-order valence-electron chi connectivity index (χ2n) is 4.41. The summed E-state index contributed by atoms with van der Waals surface area (Å²) >= 11 is 0. The molecule has 0 unspecified atom stereocenters. The first-order valence-corrected chi connectivity index (χ1v) is 6.54. The van der Waals surface area contributed by atoms with E-state index in [1.165, 1.54) is 25.4 Å². The van der Waals surface area contributed by atoms with E-state index in [9.17, 15) is 9.59 Å². The van der Waals surface area contributed by atoms with Gasteiger partial charge in [-0.15, -0.1) is 0 Å². The Balaban J connectivity index is 2.04. The molecule has 0 fully saturated rings. The third-order valence-corrected chi connectivity index (χ3v) is 2.81.